The van der Waals surface area contributed by atoms with Gasteiger partial charge in [-0.1, -0.05) is 25.0 Å². The van der Waals surface area contributed by atoms with Gasteiger partial charge in [-0.15, -0.1) is 0 Å². The number of nitrogens with one attached hydrogen (secondary N) is 1. The average Bonchev–Trinajstić information content (AvgIpc) is 3.17. The number of phenols is 1. The van der Waals surface area contributed by atoms with E-state index in [1.807, 2.05) is 12.1 Å². The number of rotatable bonds is 2. The summed E-state index contributed by atoms with van der Waals surface area (Å²) < 4.78 is 0. The summed E-state index contributed by atoms with van der Waals surface area (Å²) in [5.41, 5.74) is 3.54. The maximum Gasteiger partial charge on any atom is 0.115 e. The zero-order valence-electron chi connectivity index (χ0n) is 12.1. The number of benzene rings is 1. The van der Waals surface area contributed by atoms with Crippen LogP contribution in [0.2, 0.25) is 0 Å². The van der Waals surface area contributed by atoms with Gasteiger partial charge in [0.15, 0.2) is 0 Å². The molecule has 110 valence electrons. The van der Waals surface area contributed by atoms with Crippen molar-refractivity contribution >= 4 is 0 Å². The molecule has 1 aromatic heterocycles. The second-order valence-corrected chi connectivity index (χ2v) is 6.28. The average molecular weight is 283 g/mol. The molecule has 0 saturated heterocycles. The molecule has 2 N–H and O–H groups in total. The molecule has 4 rings (SSSR count). The van der Waals surface area contributed by atoms with E-state index in [2.05, 4.69) is 20.9 Å². The number of imidazole rings is 1. The number of hydrogen-bond donors (Lipinski definition) is 2. The van der Waals surface area contributed by atoms with Crippen molar-refractivity contribution < 1.29 is 5.11 Å². The van der Waals surface area contributed by atoms with Crippen LogP contribution in [0.15, 0.2) is 30.6 Å². The molecule has 0 bridgehead atoms. The van der Waals surface area contributed by atoms with E-state index < -0.39 is 0 Å². The summed E-state index contributed by atoms with van der Waals surface area (Å²) in [6.45, 7) is 1.99. The van der Waals surface area contributed by atoms with Gasteiger partial charge in [0.05, 0.1) is 17.7 Å². The predicted molar refractivity (Wildman–Crippen MR) is 81.2 cm³/mol. The van der Waals surface area contributed by atoms with Gasteiger partial charge in [0.1, 0.15) is 5.75 Å². The maximum atomic E-state index is 9.78. The number of aromatic amines is 1. The SMILES string of the molecule is Oc1cccc(C2CN(C3CCCC3)Cc3[nH]cnc32)c1. The molecule has 2 aromatic rings. The number of nitrogens with zero attached hydrogens (tertiary/aromatic N) is 2. The Labute approximate surface area is 124 Å². The highest BCUT2D eigenvalue weighted by Crippen LogP contribution is 2.36. The third kappa shape index (κ3) is 2.33. The third-order valence-corrected chi connectivity index (χ3v) is 4.97. The topological polar surface area (TPSA) is 52.1 Å². The summed E-state index contributed by atoms with van der Waals surface area (Å²) in [5.74, 6) is 0.593. The fourth-order valence-electron chi connectivity index (χ4n) is 3.90. The summed E-state index contributed by atoms with van der Waals surface area (Å²) >= 11 is 0. The quantitative estimate of drug-likeness (QED) is 0.891. The van der Waals surface area contributed by atoms with Gasteiger partial charge in [0.2, 0.25) is 0 Å². The zero-order valence-corrected chi connectivity index (χ0v) is 12.1. The number of aromatic hydroxyl groups is 1. The van der Waals surface area contributed by atoms with Crippen molar-refractivity contribution in [2.24, 2.45) is 0 Å². The van der Waals surface area contributed by atoms with Crippen LogP contribution in [0.5, 0.6) is 5.75 Å². The van der Waals surface area contributed by atoms with Crippen LogP contribution in [0.4, 0.5) is 0 Å². The first kappa shape index (κ1) is 12.9. The molecule has 1 saturated carbocycles. The smallest absolute Gasteiger partial charge is 0.115 e. The lowest BCUT2D eigenvalue weighted by atomic mass is 9.90. The van der Waals surface area contributed by atoms with Crippen LogP contribution >= 0.6 is 0 Å². The van der Waals surface area contributed by atoms with Crippen molar-refractivity contribution in [3.63, 3.8) is 0 Å². The molecule has 1 aromatic carbocycles. The largest absolute Gasteiger partial charge is 0.508 e. The van der Waals surface area contributed by atoms with E-state index in [4.69, 9.17) is 0 Å². The first-order valence-corrected chi connectivity index (χ1v) is 7.86. The highest BCUT2D eigenvalue weighted by molar-refractivity contribution is 5.37. The van der Waals surface area contributed by atoms with Crippen LogP contribution in [0, 0.1) is 0 Å². The summed E-state index contributed by atoms with van der Waals surface area (Å²) in [5, 5.41) is 9.78. The van der Waals surface area contributed by atoms with E-state index in [1.165, 1.54) is 31.4 Å². The van der Waals surface area contributed by atoms with Gasteiger partial charge >= 0.3 is 0 Å². The zero-order chi connectivity index (χ0) is 14.2. The standard InChI is InChI=1S/C17H21N3O/c21-14-7-3-4-12(8-14)15-9-20(13-5-1-2-6-13)10-16-17(15)19-11-18-16/h3-4,7-8,11,13,15,21H,1-2,5-6,9-10H2,(H,18,19). The molecule has 1 fully saturated rings. The Kier molecular flexibility index (Phi) is 3.19. The van der Waals surface area contributed by atoms with Crippen molar-refractivity contribution in [3.05, 3.63) is 47.5 Å². The molecule has 1 aliphatic heterocycles. The molecular formula is C17H21N3O. The van der Waals surface area contributed by atoms with Gasteiger partial charge in [-0.3, -0.25) is 4.90 Å². The summed E-state index contributed by atoms with van der Waals surface area (Å²) in [6, 6.07) is 8.33. The number of H-pyrrole nitrogens is 1. The first-order valence-electron chi connectivity index (χ1n) is 7.86. The minimum absolute atomic E-state index is 0.257. The summed E-state index contributed by atoms with van der Waals surface area (Å²) in [6.07, 6.45) is 7.15. The fraction of sp³-hybridized carbons (Fsp3) is 0.471. The molecule has 2 aliphatic rings. The van der Waals surface area contributed by atoms with Crippen LogP contribution in [0.25, 0.3) is 0 Å². The van der Waals surface area contributed by atoms with Crippen molar-refractivity contribution in [1.29, 1.82) is 0 Å². The fourth-order valence-corrected chi connectivity index (χ4v) is 3.90. The molecular weight excluding hydrogens is 262 g/mol. The second-order valence-electron chi connectivity index (χ2n) is 6.28. The Balaban J connectivity index is 1.69. The molecule has 2 heterocycles. The minimum Gasteiger partial charge on any atom is -0.508 e. The van der Waals surface area contributed by atoms with E-state index in [1.54, 1.807) is 12.4 Å². The molecule has 0 spiro atoms. The Morgan fingerprint density at radius 2 is 2.10 bits per heavy atom. The van der Waals surface area contributed by atoms with Crippen molar-refractivity contribution in [2.45, 2.75) is 44.2 Å². The van der Waals surface area contributed by atoms with E-state index in [0.29, 0.717) is 11.8 Å². The lowest BCUT2D eigenvalue weighted by Crippen LogP contribution is -2.40. The number of aromatic nitrogens is 2. The van der Waals surface area contributed by atoms with E-state index in [0.717, 1.165) is 24.3 Å². The predicted octanol–water partition coefficient (Wildman–Crippen LogP) is 3.01. The number of hydrogen-bond acceptors (Lipinski definition) is 3. The minimum atomic E-state index is 0.257. The second kappa shape index (κ2) is 5.19. The number of phenolic OH excluding ortho intramolecular Hbond substituents is 1. The Bertz CT molecular complexity index is 630. The summed E-state index contributed by atoms with van der Waals surface area (Å²) in [4.78, 5) is 10.5. The Morgan fingerprint density at radius 1 is 1.24 bits per heavy atom. The molecule has 0 amide bonds. The van der Waals surface area contributed by atoms with Gasteiger partial charge < -0.3 is 10.1 Å². The highest BCUT2D eigenvalue weighted by Gasteiger charge is 2.33. The van der Waals surface area contributed by atoms with Crippen LogP contribution in [0.3, 0.4) is 0 Å². The van der Waals surface area contributed by atoms with Crippen LogP contribution < -0.4 is 0 Å². The Hall–Kier alpha value is -1.81. The third-order valence-electron chi connectivity index (χ3n) is 4.97. The van der Waals surface area contributed by atoms with E-state index in [9.17, 15) is 5.11 Å². The van der Waals surface area contributed by atoms with Crippen molar-refractivity contribution in [2.75, 3.05) is 6.54 Å². The van der Waals surface area contributed by atoms with Gasteiger partial charge in [-0.25, -0.2) is 4.98 Å². The van der Waals surface area contributed by atoms with Crippen LogP contribution in [0.1, 0.15) is 48.6 Å². The highest BCUT2D eigenvalue weighted by atomic mass is 16.3. The lowest BCUT2D eigenvalue weighted by molar-refractivity contribution is 0.168. The molecule has 1 unspecified atom stereocenters. The van der Waals surface area contributed by atoms with Crippen molar-refractivity contribution in [1.82, 2.24) is 14.9 Å². The van der Waals surface area contributed by atoms with Crippen LogP contribution in [-0.4, -0.2) is 32.6 Å². The van der Waals surface area contributed by atoms with Crippen molar-refractivity contribution in [3.8, 4) is 5.75 Å². The molecule has 1 atom stereocenters. The van der Waals surface area contributed by atoms with E-state index in [-0.39, 0.29) is 5.92 Å². The van der Waals surface area contributed by atoms with Crippen LogP contribution in [-0.2, 0) is 6.54 Å². The summed E-state index contributed by atoms with van der Waals surface area (Å²) in [7, 11) is 0. The normalized spacial score (nSPS) is 23.3. The molecule has 21 heavy (non-hydrogen) atoms. The Morgan fingerprint density at radius 3 is 2.90 bits per heavy atom. The number of fused-ring (bicyclic) bond motifs is 1. The lowest BCUT2D eigenvalue weighted by Gasteiger charge is -2.36. The first-order chi connectivity index (χ1) is 10.3. The maximum absolute atomic E-state index is 9.78. The van der Waals surface area contributed by atoms with Gasteiger partial charge in [0, 0.05) is 25.0 Å². The monoisotopic (exact) mass is 283 g/mol. The molecule has 1 aliphatic carbocycles. The molecule has 4 heteroatoms. The van der Waals surface area contributed by atoms with E-state index >= 15 is 0 Å². The molecule has 4 nitrogen and oxygen atoms in total. The van der Waals surface area contributed by atoms with Gasteiger partial charge in [0.25, 0.3) is 0 Å². The molecule has 0 radical (unpaired) electrons. The van der Waals surface area contributed by atoms with Gasteiger partial charge in [-0.2, -0.15) is 0 Å². The van der Waals surface area contributed by atoms with Gasteiger partial charge in [-0.05, 0) is 30.5 Å².